The Balaban J connectivity index is 1.46. The summed E-state index contributed by atoms with van der Waals surface area (Å²) in [7, 11) is 2.18. The second-order valence-electron chi connectivity index (χ2n) is 9.29. The Labute approximate surface area is 186 Å². The van der Waals surface area contributed by atoms with E-state index in [4.69, 9.17) is 17.2 Å². The van der Waals surface area contributed by atoms with Crippen molar-refractivity contribution in [1.82, 2.24) is 15.2 Å². The number of benzene rings is 1. The average Bonchev–Trinajstić information content (AvgIpc) is 2.72. The fourth-order valence-corrected chi connectivity index (χ4v) is 5.04. The summed E-state index contributed by atoms with van der Waals surface area (Å²) in [5.41, 5.74) is 3.32. The molecule has 0 bridgehead atoms. The maximum atomic E-state index is 5.63. The summed E-state index contributed by atoms with van der Waals surface area (Å²) in [5, 5.41) is 8.87. The molecule has 1 saturated heterocycles. The zero-order chi connectivity index (χ0) is 21.3. The van der Waals surface area contributed by atoms with E-state index in [1.54, 1.807) is 0 Å². The van der Waals surface area contributed by atoms with Crippen LogP contribution in [0.15, 0.2) is 24.3 Å². The highest BCUT2D eigenvalue weighted by molar-refractivity contribution is 7.80. The molecule has 0 radical (unpaired) electrons. The largest absolute Gasteiger partial charge is 0.359 e. The van der Waals surface area contributed by atoms with Crippen molar-refractivity contribution in [2.45, 2.75) is 46.1 Å². The van der Waals surface area contributed by atoms with Crippen LogP contribution in [0.2, 0.25) is 0 Å². The quantitative estimate of drug-likeness (QED) is 0.711. The molecule has 1 aliphatic carbocycles. The van der Waals surface area contributed by atoms with E-state index in [9.17, 15) is 0 Å². The first kappa shape index (κ1) is 21.3. The molecular formula is C24H35N5S. The minimum absolute atomic E-state index is 0.462. The molecule has 30 heavy (non-hydrogen) atoms. The lowest BCUT2D eigenvalue weighted by atomic mass is 9.78. The van der Waals surface area contributed by atoms with Gasteiger partial charge in [-0.3, -0.25) is 0 Å². The zero-order valence-electron chi connectivity index (χ0n) is 18.7. The molecular weight excluding hydrogens is 390 g/mol. The summed E-state index contributed by atoms with van der Waals surface area (Å²) in [5.74, 6) is 2.49. The highest BCUT2D eigenvalue weighted by atomic mass is 32.1. The van der Waals surface area contributed by atoms with Gasteiger partial charge in [0.15, 0.2) is 5.11 Å². The summed E-state index contributed by atoms with van der Waals surface area (Å²) in [6.07, 6.45) is 3.80. The topological polar surface area (TPSA) is 43.4 Å². The van der Waals surface area contributed by atoms with Crippen LogP contribution in [-0.2, 0) is 0 Å². The first-order chi connectivity index (χ1) is 14.4. The van der Waals surface area contributed by atoms with Crippen molar-refractivity contribution in [2.24, 2.45) is 11.8 Å². The Bertz CT molecular complexity index is 906. The van der Waals surface area contributed by atoms with E-state index < -0.39 is 0 Å². The lowest BCUT2D eigenvalue weighted by molar-refractivity contribution is 0.225. The number of fused-ring (bicyclic) bond motifs is 1. The fraction of sp³-hybridized carbons (Fsp3) is 0.583. The van der Waals surface area contributed by atoms with Crippen LogP contribution in [0.25, 0.3) is 10.9 Å². The summed E-state index contributed by atoms with van der Waals surface area (Å²) in [6, 6.07) is 9.05. The number of nitrogens with zero attached hydrogens (tertiary/aromatic N) is 3. The van der Waals surface area contributed by atoms with Gasteiger partial charge in [0.05, 0.1) is 5.52 Å². The molecule has 1 aliphatic heterocycles. The number of pyridine rings is 1. The van der Waals surface area contributed by atoms with Crippen molar-refractivity contribution >= 4 is 39.7 Å². The van der Waals surface area contributed by atoms with Gasteiger partial charge in [-0.2, -0.15) is 0 Å². The van der Waals surface area contributed by atoms with Crippen LogP contribution in [0.5, 0.6) is 0 Å². The van der Waals surface area contributed by atoms with Crippen molar-refractivity contribution in [3.8, 4) is 0 Å². The molecule has 4 rings (SSSR count). The number of aromatic nitrogens is 1. The maximum absolute atomic E-state index is 5.63. The molecule has 2 aliphatic rings. The lowest BCUT2D eigenvalue weighted by Crippen LogP contribution is -2.45. The molecule has 6 heteroatoms. The van der Waals surface area contributed by atoms with Crippen molar-refractivity contribution in [3.63, 3.8) is 0 Å². The summed E-state index contributed by atoms with van der Waals surface area (Å²) < 4.78 is 0. The Morgan fingerprint density at radius 2 is 1.87 bits per heavy atom. The second-order valence-corrected chi connectivity index (χ2v) is 9.70. The second kappa shape index (κ2) is 9.06. The van der Waals surface area contributed by atoms with Gasteiger partial charge < -0.3 is 20.4 Å². The van der Waals surface area contributed by atoms with Gasteiger partial charge in [-0.05, 0) is 74.3 Å². The third kappa shape index (κ3) is 4.70. The van der Waals surface area contributed by atoms with Gasteiger partial charge in [-0.1, -0.05) is 26.7 Å². The van der Waals surface area contributed by atoms with Crippen molar-refractivity contribution in [3.05, 3.63) is 29.8 Å². The SMILES string of the molecule is Cc1cc(N2CCN(C)CC2)nc2ccc(NC(=S)NC3CCCC(C)C3C)cc12. The van der Waals surface area contributed by atoms with Gasteiger partial charge >= 0.3 is 0 Å². The van der Waals surface area contributed by atoms with Gasteiger partial charge in [0, 0.05) is 43.3 Å². The van der Waals surface area contributed by atoms with Crippen LogP contribution < -0.4 is 15.5 Å². The molecule has 2 heterocycles. The van der Waals surface area contributed by atoms with Crippen molar-refractivity contribution < 1.29 is 0 Å². The molecule has 1 aromatic heterocycles. The Kier molecular flexibility index (Phi) is 6.44. The first-order valence-corrected chi connectivity index (χ1v) is 11.7. The van der Waals surface area contributed by atoms with Gasteiger partial charge in [-0.15, -0.1) is 0 Å². The highest BCUT2D eigenvalue weighted by Crippen LogP contribution is 2.30. The minimum atomic E-state index is 0.462. The molecule has 3 unspecified atom stereocenters. The highest BCUT2D eigenvalue weighted by Gasteiger charge is 2.27. The number of thiocarbonyl (C=S) groups is 1. The van der Waals surface area contributed by atoms with Crippen molar-refractivity contribution in [2.75, 3.05) is 43.4 Å². The zero-order valence-corrected chi connectivity index (χ0v) is 19.6. The molecule has 2 fully saturated rings. The number of nitrogens with one attached hydrogen (secondary N) is 2. The van der Waals surface area contributed by atoms with Crippen LogP contribution in [0.4, 0.5) is 11.5 Å². The molecule has 2 N–H and O–H groups in total. The number of piperazine rings is 1. The molecule has 162 valence electrons. The predicted octanol–water partition coefficient (Wildman–Crippen LogP) is 4.41. The molecule has 1 aromatic carbocycles. The third-order valence-corrected chi connectivity index (χ3v) is 7.33. The summed E-state index contributed by atoms with van der Waals surface area (Å²) in [4.78, 5) is 9.71. The molecule has 5 nitrogen and oxygen atoms in total. The predicted molar refractivity (Wildman–Crippen MR) is 132 cm³/mol. The number of aryl methyl sites for hydroxylation is 1. The molecule has 3 atom stereocenters. The number of likely N-dealkylation sites (N-methyl/N-ethyl adjacent to an activating group) is 1. The number of rotatable bonds is 3. The fourth-order valence-electron chi connectivity index (χ4n) is 4.77. The van der Waals surface area contributed by atoms with Gasteiger partial charge in [0.25, 0.3) is 0 Å². The van der Waals surface area contributed by atoms with E-state index in [0.29, 0.717) is 12.0 Å². The Morgan fingerprint density at radius 3 is 2.63 bits per heavy atom. The standard InChI is InChI=1S/C24H35N5S/c1-16-6-5-7-21(18(16)3)27-24(30)25-19-8-9-22-20(15-19)17(2)14-23(26-22)29-12-10-28(4)11-13-29/h8-9,14-16,18,21H,5-7,10-13H2,1-4H3,(H2,25,27,30). The lowest BCUT2D eigenvalue weighted by Gasteiger charge is -2.35. The summed E-state index contributed by atoms with van der Waals surface area (Å²) in [6.45, 7) is 11.1. The van der Waals surface area contributed by atoms with Crippen LogP contribution in [0.1, 0.15) is 38.7 Å². The first-order valence-electron chi connectivity index (χ1n) is 11.3. The van der Waals surface area contributed by atoms with E-state index >= 15 is 0 Å². The van der Waals surface area contributed by atoms with E-state index in [-0.39, 0.29) is 0 Å². The van der Waals surface area contributed by atoms with Crippen LogP contribution in [0, 0.1) is 18.8 Å². The molecule has 0 spiro atoms. The molecule has 1 saturated carbocycles. The minimum Gasteiger partial charge on any atom is -0.359 e. The average molecular weight is 426 g/mol. The number of hydrogen-bond donors (Lipinski definition) is 2. The molecule has 2 aromatic rings. The van der Waals surface area contributed by atoms with Crippen molar-refractivity contribution in [1.29, 1.82) is 0 Å². The van der Waals surface area contributed by atoms with E-state index in [1.165, 1.54) is 30.2 Å². The van der Waals surface area contributed by atoms with Crippen LogP contribution in [0.3, 0.4) is 0 Å². The number of hydrogen-bond acceptors (Lipinski definition) is 4. The normalized spacial score (nSPS) is 25.3. The number of anilines is 2. The van der Waals surface area contributed by atoms with E-state index in [1.807, 2.05) is 0 Å². The van der Waals surface area contributed by atoms with Crippen LogP contribution >= 0.6 is 12.2 Å². The monoisotopic (exact) mass is 425 g/mol. The van der Waals surface area contributed by atoms with E-state index in [0.717, 1.165) is 54.2 Å². The van der Waals surface area contributed by atoms with Crippen LogP contribution in [-0.4, -0.2) is 54.3 Å². The molecule has 0 amide bonds. The third-order valence-electron chi connectivity index (χ3n) is 7.11. The Morgan fingerprint density at radius 1 is 1.10 bits per heavy atom. The van der Waals surface area contributed by atoms with Gasteiger partial charge in [-0.25, -0.2) is 4.98 Å². The van der Waals surface area contributed by atoms with Gasteiger partial charge in [0.1, 0.15) is 5.82 Å². The summed E-state index contributed by atoms with van der Waals surface area (Å²) >= 11 is 5.63. The van der Waals surface area contributed by atoms with Gasteiger partial charge in [0.2, 0.25) is 0 Å². The smallest absolute Gasteiger partial charge is 0.171 e. The van der Waals surface area contributed by atoms with E-state index in [2.05, 4.69) is 72.5 Å². The maximum Gasteiger partial charge on any atom is 0.171 e. The Hall–Kier alpha value is -1.92.